The Kier molecular flexibility index (Phi) is 5.64. The van der Waals surface area contributed by atoms with E-state index in [1.54, 1.807) is 24.3 Å². The number of para-hydroxylation sites is 2. The van der Waals surface area contributed by atoms with Gasteiger partial charge in [0, 0.05) is 12.6 Å². The van der Waals surface area contributed by atoms with Crippen LogP contribution in [0.5, 0.6) is 0 Å². The van der Waals surface area contributed by atoms with E-state index in [-0.39, 0.29) is 18.8 Å². The Labute approximate surface area is 157 Å². The Bertz CT molecular complexity index is 922. The highest BCUT2D eigenvalue weighted by atomic mass is 32.2. The van der Waals surface area contributed by atoms with Gasteiger partial charge in [-0.15, -0.1) is 0 Å². The molecule has 0 fully saturated rings. The van der Waals surface area contributed by atoms with Gasteiger partial charge in [0.05, 0.1) is 36.8 Å². The van der Waals surface area contributed by atoms with Crippen LogP contribution in [0.25, 0.3) is 0 Å². The largest absolute Gasteiger partial charge is 0.378 e. The molecule has 0 unspecified atom stereocenters. The molecule has 0 N–H and O–H groups in total. The number of benzene rings is 2. The Morgan fingerprint density at radius 3 is 2.37 bits per heavy atom. The lowest BCUT2D eigenvalue weighted by Crippen LogP contribution is -2.38. The molecule has 9 heteroatoms. The summed E-state index contributed by atoms with van der Waals surface area (Å²) in [6, 6.07) is 9.43. The monoisotopic (exact) mass is 397 g/mol. The zero-order chi connectivity index (χ0) is 19.6. The van der Waals surface area contributed by atoms with Crippen LogP contribution in [0, 0.1) is 11.6 Å². The first-order valence-electron chi connectivity index (χ1n) is 8.42. The van der Waals surface area contributed by atoms with Crippen molar-refractivity contribution >= 4 is 27.3 Å². The van der Waals surface area contributed by atoms with Gasteiger partial charge in [0.25, 0.3) is 0 Å². The van der Waals surface area contributed by atoms with Gasteiger partial charge in [0.15, 0.2) is 5.82 Å². The number of hydrogen-bond acceptors (Lipinski definition) is 4. The summed E-state index contributed by atoms with van der Waals surface area (Å²) >= 11 is 0. The molecule has 0 spiro atoms. The van der Waals surface area contributed by atoms with Crippen LogP contribution in [0.1, 0.15) is 0 Å². The second kappa shape index (κ2) is 7.79. The average Bonchev–Trinajstić information content (AvgIpc) is 2.82. The van der Waals surface area contributed by atoms with E-state index in [1.165, 1.54) is 4.31 Å². The molecule has 0 amide bonds. The van der Waals surface area contributed by atoms with E-state index in [4.69, 9.17) is 4.74 Å². The van der Waals surface area contributed by atoms with Crippen LogP contribution < -0.4 is 8.61 Å². The maximum absolute atomic E-state index is 14.3. The molecular weight excluding hydrogens is 376 g/mol. The smallest absolute Gasteiger partial charge is 0.331 e. The minimum Gasteiger partial charge on any atom is -0.378 e. The highest BCUT2D eigenvalue weighted by Gasteiger charge is 2.42. The summed E-state index contributed by atoms with van der Waals surface area (Å²) in [5.74, 6) is -1.72. The van der Waals surface area contributed by atoms with Gasteiger partial charge >= 0.3 is 10.2 Å². The van der Waals surface area contributed by atoms with Gasteiger partial charge in [0.1, 0.15) is 5.82 Å². The highest BCUT2D eigenvalue weighted by Crippen LogP contribution is 2.45. The van der Waals surface area contributed by atoms with Gasteiger partial charge in [-0.1, -0.05) is 12.1 Å². The van der Waals surface area contributed by atoms with Gasteiger partial charge < -0.3 is 9.64 Å². The van der Waals surface area contributed by atoms with Gasteiger partial charge in [-0.05, 0) is 38.4 Å². The van der Waals surface area contributed by atoms with Crippen LogP contribution in [0.15, 0.2) is 42.5 Å². The number of anilines is 3. The van der Waals surface area contributed by atoms with E-state index in [2.05, 4.69) is 0 Å². The summed E-state index contributed by atoms with van der Waals surface area (Å²) in [6.07, 6.45) is 0. The Morgan fingerprint density at radius 2 is 1.70 bits per heavy atom. The third kappa shape index (κ3) is 3.90. The van der Waals surface area contributed by atoms with E-state index in [1.807, 2.05) is 19.0 Å². The van der Waals surface area contributed by atoms with Crippen molar-refractivity contribution in [2.24, 2.45) is 0 Å². The fraction of sp³-hybridized carbons (Fsp3) is 0.333. The maximum atomic E-state index is 14.3. The number of ether oxygens (including phenoxy) is 1. The van der Waals surface area contributed by atoms with Crippen molar-refractivity contribution in [2.75, 3.05) is 49.0 Å². The van der Waals surface area contributed by atoms with E-state index < -0.39 is 21.8 Å². The molecule has 1 heterocycles. The third-order valence-electron chi connectivity index (χ3n) is 4.13. The van der Waals surface area contributed by atoms with Crippen LogP contribution in [0.2, 0.25) is 0 Å². The summed E-state index contributed by atoms with van der Waals surface area (Å²) in [6.45, 7) is 1.47. The molecule has 2 aromatic carbocycles. The molecule has 0 radical (unpaired) electrons. The summed E-state index contributed by atoms with van der Waals surface area (Å²) in [5, 5.41) is 0. The van der Waals surface area contributed by atoms with Crippen LogP contribution in [0.4, 0.5) is 25.8 Å². The molecule has 0 saturated heterocycles. The first-order chi connectivity index (χ1) is 12.8. The number of fused-ring (bicyclic) bond motifs is 1. The fourth-order valence-electron chi connectivity index (χ4n) is 2.83. The quantitative estimate of drug-likeness (QED) is 0.675. The third-order valence-corrected chi connectivity index (χ3v) is 5.92. The van der Waals surface area contributed by atoms with Crippen molar-refractivity contribution < 1.29 is 21.9 Å². The van der Waals surface area contributed by atoms with E-state index in [9.17, 15) is 17.2 Å². The molecule has 27 heavy (non-hydrogen) atoms. The van der Waals surface area contributed by atoms with Gasteiger partial charge in [-0.3, -0.25) is 0 Å². The SMILES string of the molecule is CN(C)CCOCCN1c2ccccc2N(c2ccc(F)cc2F)S1(=O)=O. The van der Waals surface area contributed by atoms with Crippen molar-refractivity contribution in [1.29, 1.82) is 0 Å². The molecule has 1 aliphatic heterocycles. The summed E-state index contributed by atoms with van der Waals surface area (Å²) in [5.41, 5.74) is 0.522. The Morgan fingerprint density at radius 1 is 1.00 bits per heavy atom. The molecule has 2 aromatic rings. The molecule has 0 bridgehead atoms. The second-order valence-corrected chi connectivity index (χ2v) is 8.05. The normalized spacial score (nSPS) is 15.4. The summed E-state index contributed by atoms with van der Waals surface area (Å²) < 4.78 is 61.3. The lowest BCUT2D eigenvalue weighted by Gasteiger charge is -2.22. The second-order valence-electron chi connectivity index (χ2n) is 6.34. The van der Waals surface area contributed by atoms with E-state index in [0.29, 0.717) is 24.0 Å². The predicted molar refractivity (Wildman–Crippen MR) is 101 cm³/mol. The number of rotatable bonds is 7. The highest BCUT2D eigenvalue weighted by molar-refractivity contribution is 7.95. The predicted octanol–water partition coefficient (Wildman–Crippen LogP) is 2.75. The number of likely N-dealkylation sites (N-methyl/N-ethyl adjacent to an activating group) is 1. The minimum absolute atomic E-state index is 0.0894. The van der Waals surface area contributed by atoms with Crippen LogP contribution in [-0.2, 0) is 14.9 Å². The Balaban J connectivity index is 1.89. The lowest BCUT2D eigenvalue weighted by molar-refractivity contribution is 0.124. The molecule has 146 valence electrons. The van der Waals surface area contributed by atoms with Gasteiger partial charge in [-0.25, -0.2) is 17.4 Å². The molecule has 1 aliphatic rings. The Hall–Kier alpha value is -2.23. The molecule has 0 aliphatic carbocycles. The van der Waals surface area contributed by atoms with Crippen molar-refractivity contribution in [3.63, 3.8) is 0 Å². The molecule has 6 nitrogen and oxygen atoms in total. The summed E-state index contributed by atoms with van der Waals surface area (Å²) in [7, 11) is -0.232. The lowest BCUT2D eigenvalue weighted by atomic mass is 10.2. The van der Waals surface area contributed by atoms with Gasteiger partial charge in [-0.2, -0.15) is 8.42 Å². The zero-order valence-electron chi connectivity index (χ0n) is 15.1. The minimum atomic E-state index is -4.07. The van der Waals surface area contributed by atoms with Crippen molar-refractivity contribution in [3.05, 3.63) is 54.1 Å². The number of halogens is 2. The van der Waals surface area contributed by atoms with Crippen LogP contribution >= 0.6 is 0 Å². The maximum Gasteiger partial charge on any atom is 0.331 e. The molecule has 0 aromatic heterocycles. The number of hydrogen-bond donors (Lipinski definition) is 0. The van der Waals surface area contributed by atoms with Crippen LogP contribution in [-0.4, -0.2) is 53.7 Å². The molecular formula is C18H21F2N3O3S. The number of nitrogens with zero attached hydrogens (tertiary/aromatic N) is 3. The standard InChI is InChI=1S/C18H21F2N3O3S/c1-21(2)9-11-26-12-10-22-17-5-3-4-6-18(17)23(27(22,24)25)16-8-7-14(19)13-15(16)20/h3-8,13H,9-12H2,1-2H3. The fourth-order valence-corrected chi connectivity index (χ4v) is 4.53. The van der Waals surface area contributed by atoms with Crippen molar-refractivity contribution in [1.82, 2.24) is 4.90 Å². The first kappa shape index (κ1) is 19.5. The van der Waals surface area contributed by atoms with Gasteiger partial charge in [0.2, 0.25) is 0 Å². The molecule has 0 saturated carbocycles. The van der Waals surface area contributed by atoms with Crippen molar-refractivity contribution in [2.45, 2.75) is 0 Å². The van der Waals surface area contributed by atoms with E-state index in [0.717, 1.165) is 23.0 Å². The topological polar surface area (TPSA) is 53.1 Å². The van der Waals surface area contributed by atoms with Crippen molar-refractivity contribution in [3.8, 4) is 0 Å². The molecule has 3 rings (SSSR count). The zero-order valence-corrected chi connectivity index (χ0v) is 15.9. The van der Waals surface area contributed by atoms with E-state index >= 15 is 0 Å². The average molecular weight is 397 g/mol. The first-order valence-corrected chi connectivity index (χ1v) is 9.81. The molecule has 0 atom stereocenters. The van der Waals surface area contributed by atoms with Crippen LogP contribution in [0.3, 0.4) is 0 Å². The summed E-state index contributed by atoms with van der Waals surface area (Å²) in [4.78, 5) is 1.96.